The molecule has 0 saturated carbocycles. The van der Waals surface area contributed by atoms with Gasteiger partial charge in [-0.05, 0) is 28.7 Å². The van der Waals surface area contributed by atoms with E-state index in [9.17, 15) is 4.39 Å². The third-order valence-corrected chi connectivity index (χ3v) is 3.92. The Labute approximate surface area is 86.5 Å². The number of halogens is 2. The summed E-state index contributed by atoms with van der Waals surface area (Å²) in [5.41, 5.74) is 6.43. The van der Waals surface area contributed by atoms with E-state index in [1.165, 1.54) is 17.4 Å². The quantitative estimate of drug-likeness (QED) is 0.741. The van der Waals surface area contributed by atoms with Crippen LogP contribution in [-0.2, 0) is 0 Å². The number of anilines is 1. The van der Waals surface area contributed by atoms with E-state index >= 15 is 0 Å². The van der Waals surface area contributed by atoms with Crippen LogP contribution in [0.4, 0.5) is 10.1 Å². The molecule has 0 fully saturated rings. The van der Waals surface area contributed by atoms with Crippen molar-refractivity contribution < 1.29 is 4.39 Å². The van der Waals surface area contributed by atoms with Gasteiger partial charge in [-0.15, -0.1) is 11.3 Å². The van der Waals surface area contributed by atoms with Crippen LogP contribution in [0.15, 0.2) is 18.2 Å². The highest BCUT2D eigenvalue weighted by atomic mass is 127. The van der Waals surface area contributed by atoms with Gasteiger partial charge in [-0.25, -0.2) is 4.39 Å². The van der Waals surface area contributed by atoms with E-state index in [4.69, 9.17) is 5.73 Å². The van der Waals surface area contributed by atoms with Crippen LogP contribution in [0.25, 0.3) is 10.1 Å². The lowest BCUT2D eigenvalue weighted by atomic mass is 10.2. The minimum atomic E-state index is -0.188. The Balaban J connectivity index is 2.95. The molecule has 0 amide bonds. The number of hydrogen-bond acceptors (Lipinski definition) is 2. The van der Waals surface area contributed by atoms with Crippen molar-refractivity contribution in [3.8, 4) is 0 Å². The number of nitrogen functional groups attached to an aromatic ring is 1. The molecule has 2 N–H and O–H groups in total. The van der Waals surface area contributed by atoms with Crippen LogP contribution < -0.4 is 5.73 Å². The van der Waals surface area contributed by atoms with Crippen LogP contribution >= 0.6 is 33.9 Å². The molecule has 0 saturated heterocycles. The van der Waals surface area contributed by atoms with Gasteiger partial charge in [-0.3, -0.25) is 0 Å². The molecule has 0 aliphatic carbocycles. The maximum atomic E-state index is 13.1. The SMILES string of the molecule is Nc1c(I)sc2c(F)cccc12. The second-order valence-corrected chi connectivity index (χ2v) is 5.24. The summed E-state index contributed by atoms with van der Waals surface area (Å²) in [6.07, 6.45) is 0. The van der Waals surface area contributed by atoms with Crippen LogP contribution in [0.2, 0.25) is 0 Å². The van der Waals surface area contributed by atoms with Crippen molar-refractivity contribution in [1.29, 1.82) is 0 Å². The first-order valence-corrected chi connectivity index (χ1v) is 5.21. The monoisotopic (exact) mass is 293 g/mol. The smallest absolute Gasteiger partial charge is 0.141 e. The molecule has 4 heteroatoms. The zero-order valence-corrected chi connectivity index (χ0v) is 8.95. The standard InChI is InChI=1S/C8H5FINS/c9-5-3-1-2-4-6(11)8(10)12-7(4)5/h1-3H,11H2. The molecule has 0 bridgehead atoms. The number of benzene rings is 1. The first-order chi connectivity index (χ1) is 5.70. The van der Waals surface area contributed by atoms with Crippen molar-refractivity contribution in [3.05, 3.63) is 26.9 Å². The zero-order chi connectivity index (χ0) is 8.72. The number of thiophene rings is 1. The van der Waals surface area contributed by atoms with Crippen LogP contribution in [0.3, 0.4) is 0 Å². The van der Waals surface area contributed by atoms with Crippen molar-refractivity contribution in [2.75, 3.05) is 5.73 Å². The summed E-state index contributed by atoms with van der Waals surface area (Å²) in [4.78, 5) is 0. The van der Waals surface area contributed by atoms with Crippen molar-refractivity contribution in [2.45, 2.75) is 0 Å². The fraction of sp³-hybridized carbons (Fsp3) is 0. The van der Waals surface area contributed by atoms with Crippen molar-refractivity contribution >= 4 is 49.7 Å². The van der Waals surface area contributed by atoms with E-state index in [2.05, 4.69) is 22.6 Å². The molecule has 2 aromatic rings. The first kappa shape index (κ1) is 8.25. The molecule has 0 atom stereocenters. The Bertz CT molecular complexity index is 438. The van der Waals surface area contributed by atoms with Gasteiger partial charge in [0.25, 0.3) is 0 Å². The van der Waals surface area contributed by atoms with Gasteiger partial charge in [0.2, 0.25) is 0 Å². The van der Waals surface area contributed by atoms with Gasteiger partial charge in [0, 0.05) is 5.39 Å². The van der Waals surface area contributed by atoms with E-state index < -0.39 is 0 Å². The van der Waals surface area contributed by atoms with Crippen molar-refractivity contribution in [1.82, 2.24) is 0 Å². The largest absolute Gasteiger partial charge is 0.397 e. The van der Waals surface area contributed by atoms with Crippen LogP contribution in [0.1, 0.15) is 0 Å². The van der Waals surface area contributed by atoms with Crippen LogP contribution in [-0.4, -0.2) is 0 Å². The summed E-state index contributed by atoms with van der Waals surface area (Å²) in [6, 6.07) is 4.97. The maximum absolute atomic E-state index is 13.1. The molecule has 2 rings (SSSR count). The summed E-state index contributed by atoms with van der Waals surface area (Å²) in [6.45, 7) is 0. The van der Waals surface area contributed by atoms with E-state index in [1.807, 2.05) is 6.07 Å². The third kappa shape index (κ3) is 1.09. The average molecular weight is 293 g/mol. The molecule has 0 aliphatic heterocycles. The van der Waals surface area contributed by atoms with Crippen LogP contribution in [0.5, 0.6) is 0 Å². The maximum Gasteiger partial charge on any atom is 0.141 e. The van der Waals surface area contributed by atoms with Gasteiger partial charge in [0.1, 0.15) is 5.82 Å². The molecular formula is C8H5FINS. The van der Waals surface area contributed by atoms with E-state index in [-0.39, 0.29) is 5.82 Å². The van der Waals surface area contributed by atoms with E-state index in [0.717, 1.165) is 8.27 Å². The highest BCUT2D eigenvalue weighted by molar-refractivity contribution is 14.1. The molecule has 0 aliphatic rings. The number of fused-ring (bicyclic) bond motifs is 1. The molecule has 1 aromatic carbocycles. The topological polar surface area (TPSA) is 26.0 Å². The second-order valence-electron chi connectivity index (χ2n) is 2.41. The first-order valence-electron chi connectivity index (χ1n) is 3.32. The van der Waals surface area contributed by atoms with E-state index in [0.29, 0.717) is 10.4 Å². The Kier molecular flexibility index (Phi) is 1.96. The van der Waals surface area contributed by atoms with Gasteiger partial charge in [-0.1, -0.05) is 12.1 Å². The van der Waals surface area contributed by atoms with Gasteiger partial charge in [0.05, 0.1) is 13.3 Å². The molecule has 12 heavy (non-hydrogen) atoms. The minimum Gasteiger partial charge on any atom is -0.397 e. The summed E-state index contributed by atoms with van der Waals surface area (Å²) in [7, 11) is 0. The predicted octanol–water partition coefficient (Wildman–Crippen LogP) is 3.23. The Morgan fingerprint density at radius 1 is 1.42 bits per heavy atom. The molecular weight excluding hydrogens is 288 g/mol. The van der Waals surface area contributed by atoms with Gasteiger partial charge in [0.15, 0.2) is 0 Å². The summed E-state index contributed by atoms with van der Waals surface area (Å²) in [5.74, 6) is -0.188. The highest BCUT2D eigenvalue weighted by Crippen LogP contribution is 2.35. The Hall–Kier alpha value is -0.360. The lowest BCUT2D eigenvalue weighted by molar-refractivity contribution is 0.642. The predicted molar refractivity (Wildman–Crippen MR) is 58.9 cm³/mol. The minimum absolute atomic E-state index is 0.188. The molecule has 1 nitrogen and oxygen atoms in total. The zero-order valence-electron chi connectivity index (χ0n) is 5.97. The average Bonchev–Trinajstić information content (AvgIpc) is 2.32. The number of hydrogen-bond donors (Lipinski definition) is 1. The molecule has 0 radical (unpaired) electrons. The lowest BCUT2D eigenvalue weighted by Crippen LogP contribution is -1.83. The second kappa shape index (κ2) is 2.85. The highest BCUT2D eigenvalue weighted by Gasteiger charge is 2.09. The summed E-state index contributed by atoms with van der Waals surface area (Å²) < 4.78 is 14.7. The normalized spacial score (nSPS) is 10.8. The van der Waals surface area contributed by atoms with Crippen molar-refractivity contribution in [2.24, 2.45) is 0 Å². The summed E-state index contributed by atoms with van der Waals surface area (Å²) in [5, 5.41) is 0.824. The van der Waals surface area contributed by atoms with Gasteiger partial charge >= 0.3 is 0 Å². The Morgan fingerprint density at radius 3 is 2.83 bits per heavy atom. The lowest BCUT2D eigenvalue weighted by Gasteiger charge is -1.91. The summed E-state index contributed by atoms with van der Waals surface area (Å²) >= 11 is 3.51. The molecule has 1 heterocycles. The van der Waals surface area contributed by atoms with Gasteiger partial charge < -0.3 is 5.73 Å². The van der Waals surface area contributed by atoms with Gasteiger partial charge in [-0.2, -0.15) is 0 Å². The van der Waals surface area contributed by atoms with E-state index in [1.54, 1.807) is 6.07 Å². The van der Waals surface area contributed by atoms with Crippen molar-refractivity contribution in [3.63, 3.8) is 0 Å². The molecule has 0 unspecified atom stereocenters. The number of rotatable bonds is 0. The molecule has 1 aromatic heterocycles. The fourth-order valence-corrected chi connectivity index (χ4v) is 2.88. The fourth-order valence-electron chi connectivity index (χ4n) is 1.08. The number of nitrogens with two attached hydrogens (primary N) is 1. The molecule has 62 valence electrons. The Morgan fingerprint density at radius 2 is 2.17 bits per heavy atom. The molecule has 0 spiro atoms. The third-order valence-electron chi connectivity index (χ3n) is 1.66. The van der Waals surface area contributed by atoms with Crippen LogP contribution in [0, 0.1) is 8.70 Å².